The van der Waals surface area contributed by atoms with Crippen LogP contribution in [0, 0.1) is 11.7 Å². The summed E-state index contributed by atoms with van der Waals surface area (Å²) in [5.74, 6) is -1.59. The third-order valence-electron chi connectivity index (χ3n) is 6.14. The van der Waals surface area contributed by atoms with Crippen molar-refractivity contribution in [2.45, 2.75) is 31.6 Å². The third-order valence-corrected chi connectivity index (χ3v) is 6.14. The SMILES string of the molecule is COC(=O)C1C(C)=NC2=C(C(=O)C[C@@H](c3ccc(OC)cc3)C2)[C@@H]1c1cccc(F)c1. The number of hydrogen-bond acceptors (Lipinski definition) is 5. The molecule has 0 N–H and O–H groups in total. The second-order valence-electron chi connectivity index (χ2n) is 7.95. The molecule has 0 saturated carbocycles. The minimum atomic E-state index is -0.757. The van der Waals surface area contributed by atoms with Crippen molar-refractivity contribution in [3.05, 3.63) is 76.7 Å². The summed E-state index contributed by atoms with van der Waals surface area (Å²) >= 11 is 0. The summed E-state index contributed by atoms with van der Waals surface area (Å²) in [6, 6.07) is 13.7. The molecule has 1 aliphatic heterocycles. The van der Waals surface area contributed by atoms with Gasteiger partial charge in [-0.05, 0) is 54.7 Å². The van der Waals surface area contributed by atoms with Crippen LogP contribution in [0.5, 0.6) is 5.75 Å². The van der Waals surface area contributed by atoms with Crippen LogP contribution in [0.15, 0.2) is 64.8 Å². The first-order chi connectivity index (χ1) is 14.9. The molecule has 1 heterocycles. The lowest BCUT2D eigenvalue weighted by atomic mass is 9.69. The first-order valence-electron chi connectivity index (χ1n) is 10.2. The van der Waals surface area contributed by atoms with E-state index in [2.05, 4.69) is 4.99 Å². The molecule has 2 aromatic rings. The van der Waals surface area contributed by atoms with Gasteiger partial charge in [0.05, 0.1) is 14.2 Å². The second-order valence-corrected chi connectivity index (χ2v) is 7.95. The maximum atomic E-state index is 14.0. The van der Waals surface area contributed by atoms with Crippen molar-refractivity contribution in [3.8, 4) is 5.75 Å². The lowest BCUT2D eigenvalue weighted by Gasteiger charge is -2.36. The predicted octanol–water partition coefficient (Wildman–Crippen LogP) is 4.58. The highest BCUT2D eigenvalue weighted by molar-refractivity contribution is 6.09. The normalized spacial score (nSPS) is 23.2. The smallest absolute Gasteiger partial charge is 0.315 e. The van der Waals surface area contributed by atoms with Gasteiger partial charge in [0.1, 0.15) is 17.5 Å². The van der Waals surface area contributed by atoms with Gasteiger partial charge in [0, 0.05) is 29.3 Å². The molecule has 0 saturated heterocycles. The zero-order valence-corrected chi connectivity index (χ0v) is 17.7. The van der Waals surface area contributed by atoms with Crippen LogP contribution in [0.4, 0.5) is 4.39 Å². The molecule has 0 fully saturated rings. The minimum absolute atomic E-state index is 0.0171. The monoisotopic (exact) mass is 421 g/mol. The number of rotatable bonds is 4. The zero-order chi connectivity index (χ0) is 22.1. The van der Waals surface area contributed by atoms with E-state index in [1.54, 1.807) is 26.2 Å². The molecule has 1 unspecified atom stereocenters. The van der Waals surface area contributed by atoms with Gasteiger partial charge >= 0.3 is 5.97 Å². The maximum Gasteiger partial charge on any atom is 0.315 e. The first kappa shape index (κ1) is 21.0. The molecule has 3 atom stereocenters. The second kappa shape index (κ2) is 8.46. The maximum absolute atomic E-state index is 14.0. The molecule has 31 heavy (non-hydrogen) atoms. The highest BCUT2D eigenvalue weighted by Crippen LogP contribution is 2.46. The van der Waals surface area contributed by atoms with E-state index in [4.69, 9.17) is 9.47 Å². The largest absolute Gasteiger partial charge is 0.497 e. The molecule has 0 radical (unpaired) electrons. The Kier molecular flexibility index (Phi) is 5.72. The average molecular weight is 421 g/mol. The number of carbonyl (C=O) groups excluding carboxylic acids is 2. The lowest BCUT2D eigenvalue weighted by molar-refractivity contribution is -0.143. The molecule has 0 amide bonds. The molecule has 1 aliphatic carbocycles. The molecule has 0 spiro atoms. The van der Waals surface area contributed by atoms with E-state index in [0.29, 0.717) is 35.4 Å². The van der Waals surface area contributed by atoms with Crippen LogP contribution in [-0.4, -0.2) is 31.7 Å². The van der Waals surface area contributed by atoms with Crippen molar-refractivity contribution in [2.24, 2.45) is 10.9 Å². The molecule has 4 rings (SSSR count). The van der Waals surface area contributed by atoms with E-state index < -0.39 is 23.6 Å². The van der Waals surface area contributed by atoms with Gasteiger partial charge in [0.25, 0.3) is 0 Å². The van der Waals surface area contributed by atoms with Gasteiger partial charge in [-0.3, -0.25) is 14.6 Å². The van der Waals surface area contributed by atoms with Crippen LogP contribution >= 0.6 is 0 Å². The third kappa shape index (κ3) is 3.90. The molecular weight excluding hydrogens is 397 g/mol. The van der Waals surface area contributed by atoms with Gasteiger partial charge < -0.3 is 9.47 Å². The van der Waals surface area contributed by atoms with Gasteiger partial charge in [-0.1, -0.05) is 24.3 Å². The highest BCUT2D eigenvalue weighted by Gasteiger charge is 2.44. The Bertz CT molecular complexity index is 1090. The summed E-state index contributed by atoms with van der Waals surface area (Å²) in [5.41, 5.74) is 3.35. The number of allylic oxidation sites excluding steroid dienone is 2. The van der Waals surface area contributed by atoms with E-state index in [0.717, 1.165) is 11.3 Å². The van der Waals surface area contributed by atoms with Crippen molar-refractivity contribution in [3.63, 3.8) is 0 Å². The van der Waals surface area contributed by atoms with Crippen LogP contribution in [0.3, 0.4) is 0 Å². The quantitative estimate of drug-likeness (QED) is 0.678. The Hall–Kier alpha value is -3.28. The average Bonchev–Trinajstić information content (AvgIpc) is 2.77. The molecule has 6 heteroatoms. The summed E-state index contributed by atoms with van der Waals surface area (Å²) in [6.07, 6.45) is 0.879. The van der Waals surface area contributed by atoms with Gasteiger partial charge in [0.2, 0.25) is 0 Å². The summed E-state index contributed by atoms with van der Waals surface area (Å²) in [4.78, 5) is 30.7. The van der Waals surface area contributed by atoms with Crippen molar-refractivity contribution in [1.29, 1.82) is 0 Å². The fraction of sp³-hybridized carbons (Fsp3) is 0.320. The van der Waals surface area contributed by atoms with Gasteiger partial charge in [-0.25, -0.2) is 4.39 Å². The summed E-state index contributed by atoms with van der Waals surface area (Å²) < 4.78 is 24.3. The van der Waals surface area contributed by atoms with Gasteiger partial charge in [-0.15, -0.1) is 0 Å². The van der Waals surface area contributed by atoms with Crippen LogP contribution in [0.2, 0.25) is 0 Å². The Morgan fingerprint density at radius 1 is 1.06 bits per heavy atom. The highest BCUT2D eigenvalue weighted by atomic mass is 19.1. The lowest BCUT2D eigenvalue weighted by Crippen LogP contribution is -2.37. The standard InChI is InChI=1S/C25H24FNO4/c1-14-22(25(29)31-3)23(16-5-4-6-18(26)11-16)24-20(27-14)12-17(13-21(24)28)15-7-9-19(30-2)10-8-15/h4-11,17,22-23H,12-13H2,1-3H3/t17-,22?,23+/m0/s1. The summed E-state index contributed by atoms with van der Waals surface area (Å²) in [5, 5.41) is 0. The fourth-order valence-corrected chi connectivity index (χ4v) is 4.66. The molecule has 160 valence electrons. The molecule has 2 aromatic carbocycles. The number of aliphatic imine (C=N–C) groups is 1. The Morgan fingerprint density at radius 3 is 2.45 bits per heavy atom. The zero-order valence-electron chi connectivity index (χ0n) is 17.7. The number of benzene rings is 2. The van der Waals surface area contributed by atoms with Crippen LogP contribution in [0.1, 0.15) is 42.7 Å². The minimum Gasteiger partial charge on any atom is -0.497 e. The van der Waals surface area contributed by atoms with Crippen LogP contribution < -0.4 is 4.74 Å². The van der Waals surface area contributed by atoms with E-state index in [1.165, 1.54) is 19.2 Å². The number of ether oxygens (including phenoxy) is 2. The van der Waals surface area contributed by atoms with E-state index in [9.17, 15) is 14.0 Å². The Labute approximate surface area is 180 Å². The number of esters is 1. The number of carbonyl (C=O) groups is 2. The topological polar surface area (TPSA) is 65.0 Å². The van der Waals surface area contributed by atoms with Crippen molar-refractivity contribution in [2.75, 3.05) is 14.2 Å². The van der Waals surface area contributed by atoms with Gasteiger partial charge in [-0.2, -0.15) is 0 Å². The number of methoxy groups -OCH3 is 2. The van der Waals surface area contributed by atoms with Gasteiger partial charge in [0.15, 0.2) is 5.78 Å². The number of halogens is 1. The van der Waals surface area contributed by atoms with E-state index in [1.807, 2.05) is 24.3 Å². The predicted molar refractivity (Wildman–Crippen MR) is 115 cm³/mol. The van der Waals surface area contributed by atoms with Crippen LogP contribution in [-0.2, 0) is 14.3 Å². The number of Topliss-reactive ketones (excluding diaryl/α,β-unsaturated/α-hetero) is 1. The summed E-state index contributed by atoms with van der Waals surface area (Å²) in [7, 11) is 2.92. The molecule has 0 bridgehead atoms. The van der Waals surface area contributed by atoms with E-state index in [-0.39, 0.29) is 11.7 Å². The summed E-state index contributed by atoms with van der Waals surface area (Å²) in [6.45, 7) is 1.76. The molecule has 5 nitrogen and oxygen atoms in total. The van der Waals surface area contributed by atoms with E-state index >= 15 is 0 Å². The Morgan fingerprint density at radius 2 is 1.81 bits per heavy atom. The van der Waals surface area contributed by atoms with Crippen molar-refractivity contribution >= 4 is 17.5 Å². The molecule has 0 aromatic heterocycles. The molecular formula is C25H24FNO4. The van der Waals surface area contributed by atoms with Crippen LogP contribution in [0.25, 0.3) is 0 Å². The first-order valence-corrected chi connectivity index (χ1v) is 10.2. The fourth-order valence-electron chi connectivity index (χ4n) is 4.66. The number of ketones is 1. The molecule has 2 aliphatic rings. The number of hydrogen-bond donors (Lipinski definition) is 0. The Balaban J connectivity index is 1.78. The number of nitrogens with zero attached hydrogens (tertiary/aromatic N) is 1. The van der Waals surface area contributed by atoms with Crippen molar-refractivity contribution < 1.29 is 23.5 Å². The van der Waals surface area contributed by atoms with Crippen molar-refractivity contribution in [1.82, 2.24) is 0 Å².